The van der Waals surface area contributed by atoms with Gasteiger partial charge in [0.2, 0.25) is 0 Å². The maximum Gasteiger partial charge on any atom is 0.472 e. The van der Waals surface area contributed by atoms with E-state index in [4.69, 9.17) is 32.5 Å². The van der Waals surface area contributed by atoms with E-state index in [0.29, 0.717) is 12.8 Å². The minimum absolute atomic E-state index is 0.0976. The summed E-state index contributed by atoms with van der Waals surface area (Å²) in [7, 11) is -9.72. The first-order valence-corrected chi connectivity index (χ1v) is 19.7. The third-order valence-corrected chi connectivity index (χ3v) is 8.36. The quantitative estimate of drug-likeness (QED) is 0.0377. The molecule has 0 fully saturated rings. The third-order valence-electron chi connectivity index (χ3n) is 6.46. The molecule has 0 aliphatic rings. The van der Waals surface area contributed by atoms with E-state index in [-0.39, 0.29) is 12.8 Å². The summed E-state index contributed by atoms with van der Waals surface area (Å²) in [6, 6.07) is 0. The molecule has 5 atom stereocenters. The van der Waals surface area contributed by atoms with E-state index in [1.165, 1.54) is 0 Å². The topological polar surface area (TPSA) is 237 Å². The van der Waals surface area contributed by atoms with Gasteiger partial charge in [0.1, 0.15) is 19.3 Å². The SMILES string of the molecule is CCCCCCCCC(=O)OC[C@H](COP(=O)(O)OC[C@@H](O)COP(=O)(O)OC[C@@H](COC(C)=O)OC(C)=O)OC(=O)CCCCCCC. The van der Waals surface area contributed by atoms with Gasteiger partial charge < -0.3 is 33.8 Å². The number of rotatable bonds is 31. The molecule has 0 aromatic rings. The molecule has 17 nitrogen and oxygen atoms in total. The van der Waals surface area contributed by atoms with Crippen LogP contribution >= 0.6 is 15.6 Å². The van der Waals surface area contributed by atoms with Gasteiger partial charge >= 0.3 is 39.5 Å². The second-order valence-electron chi connectivity index (χ2n) is 11.3. The van der Waals surface area contributed by atoms with Gasteiger partial charge in [0.25, 0.3) is 0 Å². The van der Waals surface area contributed by atoms with Crippen molar-refractivity contribution in [1.82, 2.24) is 0 Å². The van der Waals surface area contributed by atoms with Crippen molar-refractivity contribution in [2.45, 2.75) is 129 Å². The van der Waals surface area contributed by atoms with Crippen LogP contribution in [0.2, 0.25) is 0 Å². The lowest BCUT2D eigenvalue weighted by Crippen LogP contribution is -2.30. The summed E-state index contributed by atoms with van der Waals surface area (Å²) in [6.45, 7) is 2.28. The Hall–Kier alpha value is -1.94. The summed E-state index contributed by atoms with van der Waals surface area (Å²) in [5.74, 6) is -2.58. The molecular weight excluding hydrogens is 694 g/mol. The van der Waals surface area contributed by atoms with Gasteiger partial charge in [-0.15, -0.1) is 0 Å². The fraction of sp³-hybridized carbons (Fsp3) is 0.867. The minimum Gasteiger partial charge on any atom is -0.462 e. The summed E-state index contributed by atoms with van der Waals surface area (Å²) in [5.41, 5.74) is 0. The summed E-state index contributed by atoms with van der Waals surface area (Å²) in [4.78, 5) is 66.7. The van der Waals surface area contributed by atoms with E-state index in [9.17, 15) is 43.2 Å². The van der Waals surface area contributed by atoms with Crippen molar-refractivity contribution in [3.63, 3.8) is 0 Å². The van der Waals surface area contributed by atoms with Crippen LogP contribution in [0.1, 0.15) is 111 Å². The Morgan fingerprint density at radius 1 is 0.531 bits per heavy atom. The number of carbonyl (C=O) groups is 4. The standard InChI is InChI=1S/C30H56O17P2/c1-5-7-9-11-13-14-16-29(34)41-21-28(47-30(35)17-15-12-10-8-6-2)23-45-49(38,39)43-19-26(33)18-42-48(36,37)44-22-27(46-25(4)32)20-40-24(3)31/h26-28,33H,5-23H2,1-4H3,(H,36,37)(H,38,39)/t26-,27+,28+/m0/s1. The molecule has 0 aliphatic heterocycles. The maximum absolute atomic E-state index is 12.4. The number of aliphatic hydroxyl groups is 1. The molecule has 0 rings (SSSR count). The highest BCUT2D eigenvalue weighted by Gasteiger charge is 2.30. The van der Waals surface area contributed by atoms with Crippen LogP contribution < -0.4 is 0 Å². The summed E-state index contributed by atoms with van der Waals surface area (Å²) in [6.07, 6.45) is 6.37. The van der Waals surface area contributed by atoms with E-state index in [1.54, 1.807) is 0 Å². The molecule has 0 saturated heterocycles. The zero-order valence-corrected chi connectivity index (χ0v) is 30.9. The molecule has 288 valence electrons. The van der Waals surface area contributed by atoms with E-state index in [2.05, 4.69) is 18.4 Å². The number of hydrogen-bond donors (Lipinski definition) is 3. The summed E-state index contributed by atoms with van der Waals surface area (Å²) < 4.78 is 63.6. The van der Waals surface area contributed by atoms with Gasteiger partial charge in [0, 0.05) is 26.7 Å². The van der Waals surface area contributed by atoms with Crippen LogP contribution in [-0.2, 0) is 65.4 Å². The second-order valence-corrected chi connectivity index (χ2v) is 14.2. The Balaban J connectivity index is 4.89. The van der Waals surface area contributed by atoms with Crippen LogP contribution in [0.5, 0.6) is 0 Å². The predicted molar refractivity (Wildman–Crippen MR) is 174 cm³/mol. The monoisotopic (exact) mass is 750 g/mol. The van der Waals surface area contributed by atoms with E-state index in [1.807, 2.05) is 0 Å². The molecule has 19 heteroatoms. The summed E-state index contributed by atoms with van der Waals surface area (Å²) >= 11 is 0. The molecule has 0 aromatic carbocycles. The van der Waals surface area contributed by atoms with Crippen molar-refractivity contribution >= 4 is 39.5 Å². The molecule has 0 radical (unpaired) electrons. The molecule has 0 aliphatic carbocycles. The molecule has 49 heavy (non-hydrogen) atoms. The first-order valence-electron chi connectivity index (χ1n) is 16.7. The zero-order chi connectivity index (χ0) is 37.1. The Morgan fingerprint density at radius 3 is 1.41 bits per heavy atom. The number of phosphoric ester groups is 2. The number of carbonyl (C=O) groups excluding carboxylic acids is 4. The number of aliphatic hydroxyl groups excluding tert-OH is 1. The Kier molecular flexibility index (Phi) is 26.6. The van der Waals surface area contributed by atoms with Crippen LogP contribution in [0, 0.1) is 0 Å². The summed E-state index contributed by atoms with van der Waals surface area (Å²) in [5, 5.41) is 10.0. The van der Waals surface area contributed by atoms with Gasteiger partial charge in [-0.1, -0.05) is 71.6 Å². The molecular formula is C30H56O17P2. The second kappa shape index (κ2) is 27.7. The molecule has 0 amide bonds. The predicted octanol–water partition coefficient (Wildman–Crippen LogP) is 4.68. The van der Waals surface area contributed by atoms with Crippen molar-refractivity contribution in [3.8, 4) is 0 Å². The Bertz CT molecular complexity index is 1040. The van der Waals surface area contributed by atoms with Gasteiger partial charge in [-0.05, 0) is 12.8 Å². The van der Waals surface area contributed by atoms with Gasteiger partial charge in [0.15, 0.2) is 12.2 Å². The lowest BCUT2D eigenvalue weighted by Gasteiger charge is -2.21. The largest absolute Gasteiger partial charge is 0.472 e. The first-order chi connectivity index (χ1) is 23.1. The Labute approximate surface area is 288 Å². The maximum atomic E-state index is 12.4. The normalized spacial score (nSPS) is 15.7. The van der Waals surface area contributed by atoms with Crippen LogP contribution in [-0.4, -0.2) is 96.7 Å². The number of esters is 4. The van der Waals surface area contributed by atoms with E-state index >= 15 is 0 Å². The number of ether oxygens (including phenoxy) is 4. The average molecular weight is 751 g/mol. The van der Waals surface area contributed by atoms with Crippen molar-refractivity contribution < 1.29 is 80.2 Å². The number of unbranched alkanes of at least 4 members (excludes halogenated alkanes) is 9. The van der Waals surface area contributed by atoms with Crippen LogP contribution in [0.3, 0.4) is 0 Å². The molecule has 2 unspecified atom stereocenters. The van der Waals surface area contributed by atoms with Crippen molar-refractivity contribution in [2.75, 3.05) is 39.6 Å². The fourth-order valence-electron chi connectivity index (χ4n) is 3.94. The Morgan fingerprint density at radius 2 is 0.939 bits per heavy atom. The van der Waals surface area contributed by atoms with Crippen LogP contribution in [0.4, 0.5) is 0 Å². The van der Waals surface area contributed by atoms with Gasteiger partial charge in [0.05, 0.1) is 26.4 Å². The zero-order valence-electron chi connectivity index (χ0n) is 29.1. The van der Waals surface area contributed by atoms with Crippen molar-refractivity contribution in [2.24, 2.45) is 0 Å². The molecule has 3 N–H and O–H groups in total. The highest BCUT2D eigenvalue weighted by atomic mass is 31.2. The average Bonchev–Trinajstić information content (AvgIpc) is 3.03. The molecule has 0 saturated carbocycles. The van der Waals surface area contributed by atoms with Gasteiger partial charge in [-0.2, -0.15) is 0 Å². The number of hydrogen-bond acceptors (Lipinski definition) is 15. The lowest BCUT2D eigenvalue weighted by atomic mass is 10.1. The van der Waals surface area contributed by atoms with Gasteiger partial charge in [-0.25, -0.2) is 9.13 Å². The molecule has 0 bridgehead atoms. The van der Waals surface area contributed by atoms with Crippen LogP contribution in [0.15, 0.2) is 0 Å². The molecule has 0 heterocycles. The van der Waals surface area contributed by atoms with E-state index in [0.717, 1.165) is 71.6 Å². The highest BCUT2D eigenvalue weighted by molar-refractivity contribution is 7.47. The molecule has 0 spiro atoms. The van der Waals surface area contributed by atoms with Crippen molar-refractivity contribution in [1.29, 1.82) is 0 Å². The third kappa shape index (κ3) is 29.5. The minimum atomic E-state index is -4.88. The van der Waals surface area contributed by atoms with Crippen molar-refractivity contribution in [3.05, 3.63) is 0 Å². The highest BCUT2D eigenvalue weighted by Crippen LogP contribution is 2.45. The van der Waals surface area contributed by atoms with Crippen LogP contribution in [0.25, 0.3) is 0 Å². The molecule has 0 aromatic heterocycles. The first kappa shape index (κ1) is 47.1. The smallest absolute Gasteiger partial charge is 0.462 e. The lowest BCUT2D eigenvalue weighted by molar-refractivity contribution is -0.161. The fourth-order valence-corrected chi connectivity index (χ4v) is 5.52. The van der Waals surface area contributed by atoms with Gasteiger partial charge in [-0.3, -0.25) is 37.3 Å². The van der Waals surface area contributed by atoms with E-state index < -0.39 is 97.5 Å². The number of phosphoric acid groups is 2.